The summed E-state index contributed by atoms with van der Waals surface area (Å²) in [6, 6.07) is 3.45. The molecule has 0 unspecified atom stereocenters. The van der Waals surface area contributed by atoms with Gasteiger partial charge in [-0.05, 0) is 18.6 Å². The average Bonchev–Trinajstić information content (AvgIpc) is 2.09. The molecule has 0 heterocycles. The first-order valence-electron chi connectivity index (χ1n) is 3.85. The molecule has 2 N–H and O–H groups in total. The summed E-state index contributed by atoms with van der Waals surface area (Å²) in [5.41, 5.74) is 6.52. The Morgan fingerprint density at radius 2 is 1.92 bits per heavy atom. The molecule has 0 amide bonds. The molecular formula is C9H11Cl2NO. The molecule has 2 nitrogen and oxygen atoms in total. The molecule has 0 saturated carbocycles. The highest BCUT2D eigenvalue weighted by Crippen LogP contribution is 2.36. The Labute approximate surface area is 87.6 Å². The molecule has 0 aliphatic heterocycles. The molecule has 13 heavy (non-hydrogen) atoms. The summed E-state index contributed by atoms with van der Waals surface area (Å²) in [7, 11) is 1.54. The Morgan fingerprint density at radius 1 is 1.31 bits per heavy atom. The van der Waals surface area contributed by atoms with Crippen LogP contribution in [0.4, 0.5) is 0 Å². The molecule has 0 saturated heterocycles. The van der Waals surface area contributed by atoms with E-state index in [1.165, 1.54) is 0 Å². The van der Waals surface area contributed by atoms with E-state index in [9.17, 15) is 0 Å². The molecule has 1 atom stereocenters. The summed E-state index contributed by atoms with van der Waals surface area (Å²) in [6.07, 6.45) is 0. The molecule has 1 aromatic rings. The van der Waals surface area contributed by atoms with Gasteiger partial charge in [-0.2, -0.15) is 0 Å². The lowest BCUT2D eigenvalue weighted by Gasteiger charge is -2.11. The van der Waals surface area contributed by atoms with Crippen LogP contribution in [0.3, 0.4) is 0 Å². The van der Waals surface area contributed by atoms with Crippen molar-refractivity contribution in [3.8, 4) is 5.75 Å². The van der Waals surface area contributed by atoms with Crippen molar-refractivity contribution in [1.29, 1.82) is 0 Å². The van der Waals surface area contributed by atoms with Gasteiger partial charge in [0.05, 0.1) is 12.1 Å². The van der Waals surface area contributed by atoms with E-state index in [4.69, 9.17) is 33.7 Å². The average molecular weight is 220 g/mol. The third-order valence-electron chi connectivity index (χ3n) is 1.79. The highest BCUT2D eigenvalue weighted by atomic mass is 35.5. The van der Waals surface area contributed by atoms with Crippen molar-refractivity contribution in [1.82, 2.24) is 0 Å². The zero-order valence-corrected chi connectivity index (χ0v) is 8.99. The first-order valence-corrected chi connectivity index (χ1v) is 4.61. The van der Waals surface area contributed by atoms with Crippen molar-refractivity contribution in [2.75, 3.05) is 7.11 Å². The van der Waals surface area contributed by atoms with Gasteiger partial charge in [-0.3, -0.25) is 0 Å². The SMILES string of the molecule is COc1ccc([C@H](C)N)c(Cl)c1Cl. The van der Waals surface area contributed by atoms with E-state index in [2.05, 4.69) is 0 Å². The lowest BCUT2D eigenvalue weighted by atomic mass is 10.1. The van der Waals surface area contributed by atoms with E-state index >= 15 is 0 Å². The number of hydrogen-bond acceptors (Lipinski definition) is 2. The lowest BCUT2D eigenvalue weighted by molar-refractivity contribution is 0.415. The van der Waals surface area contributed by atoms with E-state index in [1.807, 2.05) is 13.0 Å². The predicted octanol–water partition coefficient (Wildman–Crippen LogP) is 3.02. The second-order valence-corrected chi connectivity index (χ2v) is 3.53. The minimum absolute atomic E-state index is 0.129. The first kappa shape index (κ1) is 10.6. The quantitative estimate of drug-likeness (QED) is 0.831. The molecule has 0 aliphatic rings. The Kier molecular flexibility index (Phi) is 3.42. The van der Waals surface area contributed by atoms with Crippen LogP contribution in [0.15, 0.2) is 12.1 Å². The van der Waals surface area contributed by atoms with Gasteiger partial charge in [-0.1, -0.05) is 29.3 Å². The van der Waals surface area contributed by atoms with Crippen LogP contribution in [0.5, 0.6) is 5.75 Å². The van der Waals surface area contributed by atoms with Crippen LogP contribution in [0.25, 0.3) is 0 Å². The number of rotatable bonds is 2. The number of halogens is 2. The summed E-state index contributed by atoms with van der Waals surface area (Å²) in [5, 5.41) is 0.884. The second-order valence-electron chi connectivity index (χ2n) is 2.77. The monoisotopic (exact) mass is 219 g/mol. The number of ether oxygens (including phenoxy) is 1. The molecule has 0 radical (unpaired) electrons. The highest BCUT2D eigenvalue weighted by Gasteiger charge is 2.12. The second kappa shape index (κ2) is 4.18. The maximum Gasteiger partial charge on any atom is 0.139 e. The highest BCUT2D eigenvalue weighted by molar-refractivity contribution is 6.43. The lowest BCUT2D eigenvalue weighted by Crippen LogP contribution is -2.05. The van der Waals surface area contributed by atoms with Crippen molar-refractivity contribution in [3.05, 3.63) is 27.7 Å². The fourth-order valence-corrected chi connectivity index (χ4v) is 1.63. The summed E-state index contributed by atoms with van der Waals surface area (Å²) in [6.45, 7) is 1.85. The van der Waals surface area contributed by atoms with E-state index in [0.29, 0.717) is 15.8 Å². The van der Waals surface area contributed by atoms with E-state index in [-0.39, 0.29) is 6.04 Å². The van der Waals surface area contributed by atoms with Crippen LogP contribution in [0.2, 0.25) is 10.0 Å². The van der Waals surface area contributed by atoms with Crippen molar-refractivity contribution >= 4 is 23.2 Å². The van der Waals surface area contributed by atoms with Gasteiger partial charge >= 0.3 is 0 Å². The zero-order chi connectivity index (χ0) is 10.0. The van der Waals surface area contributed by atoms with Crippen LogP contribution >= 0.6 is 23.2 Å². The van der Waals surface area contributed by atoms with Gasteiger partial charge < -0.3 is 10.5 Å². The first-order chi connectivity index (χ1) is 6.07. The van der Waals surface area contributed by atoms with Crippen molar-refractivity contribution in [3.63, 3.8) is 0 Å². The van der Waals surface area contributed by atoms with Gasteiger partial charge in [0.2, 0.25) is 0 Å². The molecule has 0 spiro atoms. The standard InChI is InChI=1S/C9H11Cl2NO/c1-5(12)6-3-4-7(13-2)9(11)8(6)10/h3-5H,12H2,1-2H3/t5-/m0/s1. The van der Waals surface area contributed by atoms with Gasteiger partial charge in [-0.15, -0.1) is 0 Å². The van der Waals surface area contributed by atoms with Crippen LogP contribution < -0.4 is 10.5 Å². The molecule has 72 valence electrons. The van der Waals surface area contributed by atoms with Gasteiger partial charge in [0, 0.05) is 6.04 Å². The topological polar surface area (TPSA) is 35.2 Å². The maximum absolute atomic E-state index is 5.98. The van der Waals surface area contributed by atoms with Crippen molar-refractivity contribution in [2.45, 2.75) is 13.0 Å². The normalized spacial score (nSPS) is 12.7. The van der Waals surface area contributed by atoms with Crippen LogP contribution in [0, 0.1) is 0 Å². The zero-order valence-electron chi connectivity index (χ0n) is 7.47. The van der Waals surface area contributed by atoms with E-state index in [0.717, 1.165) is 5.56 Å². The smallest absolute Gasteiger partial charge is 0.139 e. The maximum atomic E-state index is 5.98. The fourth-order valence-electron chi connectivity index (χ4n) is 1.06. The minimum Gasteiger partial charge on any atom is -0.495 e. The fraction of sp³-hybridized carbons (Fsp3) is 0.333. The van der Waals surface area contributed by atoms with Crippen molar-refractivity contribution in [2.24, 2.45) is 5.73 Å². The van der Waals surface area contributed by atoms with Gasteiger partial charge in [-0.25, -0.2) is 0 Å². The number of nitrogens with two attached hydrogens (primary N) is 1. The molecule has 0 aliphatic carbocycles. The minimum atomic E-state index is -0.129. The summed E-state index contributed by atoms with van der Waals surface area (Å²) < 4.78 is 5.00. The van der Waals surface area contributed by atoms with Gasteiger partial charge in [0.15, 0.2) is 0 Å². The van der Waals surface area contributed by atoms with E-state index < -0.39 is 0 Å². The molecule has 1 aromatic carbocycles. The van der Waals surface area contributed by atoms with Crippen LogP contribution in [-0.4, -0.2) is 7.11 Å². The number of benzene rings is 1. The largest absolute Gasteiger partial charge is 0.495 e. The van der Waals surface area contributed by atoms with Crippen LogP contribution in [0.1, 0.15) is 18.5 Å². The third-order valence-corrected chi connectivity index (χ3v) is 2.67. The summed E-state index contributed by atoms with van der Waals surface area (Å²) >= 11 is 11.9. The Morgan fingerprint density at radius 3 is 2.38 bits per heavy atom. The van der Waals surface area contributed by atoms with Gasteiger partial charge in [0.1, 0.15) is 10.8 Å². The Balaban J connectivity index is 3.23. The Hall–Kier alpha value is -0.440. The van der Waals surface area contributed by atoms with Gasteiger partial charge in [0.25, 0.3) is 0 Å². The summed E-state index contributed by atoms with van der Waals surface area (Å²) in [5.74, 6) is 0.566. The predicted molar refractivity (Wildman–Crippen MR) is 55.6 cm³/mol. The third kappa shape index (κ3) is 2.08. The van der Waals surface area contributed by atoms with Crippen molar-refractivity contribution < 1.29 is 4.74 Å². The van der Waals surface area contributed by atoms with E-state index in [1.54, 1.807) is 13.2 Å². The Bertz CT molecular complexity index is 313. The molecule has 0 fully saturated rings. The summed E-state index contributed by atoms with van der Waals surface area (Å²) in [4.78, 5) is 0. The number of methoxy groups -OCH3 is 1. The number of hydrogen-bond donors (Lipinski definition) is 1. The molecule has 0 bridgehead atoms. The van der Waals surface area contributed by atoms with Crippen LogP contribution in [-0.2, 0) is 0 Å². The molecule has 1 rings (SSSR count). The molecule has 4 heteroatoms. The molecule has 0 aromatic heterocycles. The molecular weight excluding hydrogens is 209 g/mol.